The summed E-state index contributed by atoms with van der Waals surface area (Å²) in [6.45, 7) is 0.219. The molecule has 0 bridgehead atoms. The van der Waals surface area contributed by atoms with Crippen molar-refractivity contribution >= 4 is 38.4 Å². The maximum Gasteiger partial charge on any atom is 0.325 e. The molecule has 0 amide bonds. The van der Waals surface area contributed by atoms with Crippen LogP contribution < -0.4 is 4.90 Å². The average molecular weight is 265 g/mol. The quantitative estimate of drug-likeness (QED) is 0.777. The minimum Gasteiger partial charge on any atom is -0.468 e. The minimum atomic E-state index is -0.270. The van der Waals surface area contributed by atoms with Crippen molar-refractivity contribution in [3.63, 3.8) is 0 Å². The topological polar surface area (TPSA) is 42.4 Å². The van der Waals surface area contributed by atoms with Crippen LogP contribution >= 0.6 is 27.3 Å². The summed E-state index contributed by atoms with van der Waals surface area (Å²) < 4.78 is 5.32. The van der Waals surface area contributed by atoms with E-state index in [2.05, 4.69) is 25.7 Å². The fourth-order valence-corrected chi connectivity index (χ4v) is 1.96. The third-order valence-electron chi connectivity index (χ3n) is 1.38. The van der Waals surface area contributed by atoms with Crippen molar-refractivity contribution in [2.45, 2.75) is 0 Å². The zero-order valence-corrected chi connectivity index (χ0v) is 9.68. The first-order valence-electron chi connectivity index (χ1n) is 3.52. The first-order valence-corrected chi connectivity index (χ1v) is 5.19. The van der Waals surface area contributed by atoms with E-state index in [4.69, 9.17) is 0 Å². The molecule has 0 aliphatic carbocycles. The summed E-state index contributed by atoms with van der Waals surface area (Å²) in [4.78, 5) is 16.8. The largest absolute Gasteiger partial charge is 0.468 e. The van der Waals surface area contributed by atoms with Gasteiger partial charge in [0.15, 0.2) is 5.13 Å². The van der Waals surface area contributed by atoms with Gasteiger partial charge in [0.25, 0.3) is 0 Å². The molecule has 0 atom stereocenters. The molecule has 72 valence electrons. The average Bonchev–Trinajstić information content (AvgIpc) is 2.51. The summed E-state index contributed by atoms with van der Waals surface area (Å²) in [6, 6.07) is 0. The third kappa shape index (κ3) is 2.96. The Kier molecular flexibility index (Phi) is 3.68. The van der Waals surface area contributed by atoms with Gasteiger partial charge in [-0.15, -0.1) is 11.3 Å². The first-order chi connectivity index (χ1) is 6.13. The van der Waals surface area contributed by atoms with Crippen LogP contribution in [-0.4, -0.2) is 31.7 Å². The number of esters is 1. The van der Waals surface area contributed by atoms with Crippen LogP contribution in [0.5, 0.6) is 0 Å². The highest BCUT2D eigenvalue weighted by Gasteiger charge is 2.09. The van der Waals surface area contributed by atoms with Gasteiger partial charge in [-0.25, -0.2) is 4.98 Å². The van der Waals surface area contributed by atoms with Crippen molar-refractivity contribution in [3.8, 4) is 0 Å². The number of aromatic nitrogens is 1. The van der Waals surface area contributed by atoms with E-state index in [-0.39, 0.29) is 12.5 Å². The standard InChI is InChI=1S/C7H9BrN2O2S/c1-10(3-6(11)12-2)7-9-5(8)4-13-7/h4H,3H2,1-2H3. The van der Waals surface area contributed by atoms with Gasteiger partial charge in [-0.3, -0.25) is 4.79 Å². The van der Waals surface area contributed by atoms with Gasteiger partial charge in [-0.05, 0) is 15.9 Å². The second-order valence-electron chi connectivity index (χ2n) is 2.38. The molecule has 1 aromatic rings. The lowest BCUT2D eigenvalue weighted by Gasteiger charge is -2.12. The molecule has 6 heteroatoms. The predicted octanol–water partition coefficient (Wildman–Crippen LogP) is 1.51. The Balaban J connectivity index is 2.58. The van der Waals surface area contributed by atoms with Crippen molar-refractivity contribution in [1.82, 2.24) is 4.98 Å². The van der Waals surface area contributed by atoms with E-state index in [0.29, 0.717) is 0 Å². The summed E-state index contributed by atoms with van der Waals surface area (Å²) in [5, 5.41) is 2.65. The van der Waals surface area contributed by atoms with E-state index >= 15 is 0 Å². The molecule has 0 fully saturated rings. The number of carbonyl (C=O) groups is 1. The monoisotopic (exact) mass is 264 g/mol. The summed E-state index contributed by atoms with van der Waals surface area (Å²) in [5.74, 6) is -0.270. The number of halogens is 1. The zero-order valence-electron chi connectivity index (χ0n) is 7.28. The normalized spacial score (nSPS) is 9.77. The molecule has 0 saturated carbocycles. The third-order valence-corrected chi connectivity index (χ3v) is 3.05. The minimum absolute atomic E-state index is 0.219. The van der Waals surface area contributed by atoms with Crippen LogP contribution in [0.4, 0.5) is 5.13 Å². The number of rotatable bonds is 3. The van der Waals surface area contributed by atoms with Gasteiger partial charge in [-0.2, -0.15) is 0 Å². The Bertz CT molecular complexity index is 302. The van der Waals surface area contributed by atoms with E-state index in [1.807, 2.05) is 5.38 Å². The predicted molar refractivity (Wildman–Crippen MR) is 55.1 cm³/mol. The lowest BCUT2D eigenvalue weighted by molar-refractivity contribution is -0.138. The van der Waals surface area contributed by atoms with Gasteiger partial charge in [0.1, 0.15) is 11.1 Å². The molecule has 1 rings (SSSR count). The van der Waals surface area contributed by atoms with Crippen LogP contribution in [0.2, 0.25) is 0 Å². The number of thiazole rings is 1. The maximum atomic E-state index is 10.9. The van der Waals surface area contributed by atoms with E-state index in [0.717, 1.165) is 9.73 Å². The second kappa shape index (κ2) is 4.57. The molecular formula is C7H9BrN2O2S. The number of carbonyl (C=O) groups excluding carboxylic acids is 1. The first kappa shape index (κ1) is 10.5. The van der Waals surface area contributed by atoms with Crippen molar-refractivity contribution in [1.29, 1.82) is 0 Å². The van der Waals surface area contributed by atoms with Gasteiger partial charge in [0, 0.05) is 12.4 Å². The highest BCUT2D eigenvalue weighted by atomic mass is 79.9. The van der Waals surface area contributed by atoms with Gasteiger partial charge in [0.05, 0.1) is 7.11 Å². The van der Waals surface area contributed by atoms with Crippen LogP contribution in [0.1, 0.15) is 0 Å². The van der Waals surface area contributed by atoms with Crippen LogP contribution in [0.3, 0.4) is 0 Å². The van der Waals surface area contributed by atoms with Crippen molar-refractivity contribution in [2.75, 3.05) is 25.6 Å². The summed E-state index contributed by atoms with van der Waals surface area (Å²) in [7, 11) is 3.16. The molecule has 4 nitrogen and oxygen atoms in total. The molecular weight excluding hydrogens is 256 g/mol. The molecule has 0 radical (unpaired) electrons. The summed E-state index contributed by atoms with van der Waals surface area (Å²) in [6.07, 6.45) is 0. The molecule has 0 aliphatic heterocycles. The number of anilines is 1. The van der Waals surface area contributed by atoms with Crippen LogP contribution in [0.15, 0.2) is 9.98 Å². The molecule has 0 aromatic carbocycles. The molecule has 1 heterocycles. The summed E-state index contributed by atoms with van der Waals surface area (Å²) >= 11 is 4.71. The highest BCUT2D eigenvalue weighted by Crippen LogP contribution is 2.22. The fourth-order valence-electron chi connectivity index (χ4n) is 0.747. The Morgan fingerprint density at radius 1 is 1.85 bits per heavy atom. The van der Waals surface area contributed by atoms with E-state index < -0.39 is 0 Å². The van der Waals surface area contributed by atoms with E-state index in [9.17, 15) is 4.79 Å². The van der Waals surface area contributed by atoms with Crippen LogP contribution in [0.25, 0.3) is 0 Å². The Morgan fingerprint density at radius 3 is 3.00 bits per heavy atom. The molecule has 1 aromatic heterocycles. The smallest absolute Gasteiger partial charge is 0.325 e. The zero-order chi connectivity index (χ0) is 9.84. The molecule has 0 unspecified atom stereocenters. The van der Waals surface area contributed by atoms with Crippen LogP contribution in [-0.2, 0) is 9.53 Å². The van der Waals surface area contributed by atoms with Crippen molar-refractivity contribution in [3.05, 3.63) is 9.98 Å². The summed E-state index contributed by atoms with van der Waals surface area (Å²) in [5.41, 5.74) is 0. The number of hydrogen-bond donors (Lipinski definition) is 0. The maximum absolute atomic E-state index is 10.9. The van der Waals surface area contributed by atoms with Gasteiger partial charge < -0.3 is 9.64 Å². The molecule has 0 aliphatic rings. The van der Waals surface area contributed by atoms with Gasteiger partial charge >= 0.3 is 5.97 Å². The molecule has 0 saturated heterocycles. The Hall–Kier alpha value is -0.620. The second-order valence-corrected chi connectivity index (χ2v) is 4.03. The molecule has 0 N–H and O–H groups in total. The molecule has 0 spiro atoms. The van der Waals surface area contributed by atoms with Crippen molar-refractivity contribution < 1.29 is 9.53 Å². The van der Waals surface area contributed by atoms with Gasteiger partial charge in [0.2, 0.25) is 0 Å². The highest BCUT2D eigenvalue weighted by molar-refractivity contribution is 9.10. The fraction of sp³-hybridized carbons (Fsp3) is 0.429. The number of ether oxygens (including phenoxy) is 1. The SMILES string of the molecule is COC(=O)CN(C)c1nc(Br)cs1. The van der Waals surface area contributed by atoms with Gasteiger partial charge in [-0.1, -0.05) is 0 Å². The number of hydrogen-bond acceptors (Lipinski definition) is 5. The van der Waals surface area contributed by atoms with Crippen LogP contribution in [0, 0.1) is 0 Å². The number of nitrogens with zero attached hydrogens (tertiary/aromatic N) is 2. The van der Waals surface area contributed by atoms with E-state index in [1.165, 1.54) is 18.4 Å². The lowest BCUT2D eigenvalue weighted by atomic mass is 10.6. The van der Waals surface area contributed by atoms with E-state index in [1.54, 1.807) is 11.9 Å². The van der Waals surface area contributed by atoms with Crippen molar-refractivity contribution in [2.24, 2.45) is 0 Å². The lowest BCUT2D eigenvalue weighted by Crippen LogP contribution is -2.26. The Morgan fingerprint density at radius 2 is 2.54 bits per heavy atom. The number of likely N-dealkylation sites (N-methyl/N-ethyl adjacent to an activating group) is 1. The molecule has 13 heavy (non-hydrogen) atoms. The number of methoxy groups -OCH3 is 1. The Labute approximate surface area is 88.7 Å².